The molecule has 0 fully saturated rings. The molecule has 2 unspecified atom stereocenters. The van der Waals surface area contributed by atoms with E-state index < -0.39 is 11.8 Å². The Balaban J connectivity index is 1.58. The normalized spacial score (nSPS) is 20.2. The van der Waals surface area contributed by atoms with E-state index >= 15 is 0 Å². The third kappa shape index (κ3) is 4.54. The van der Waals surface area contributed by atoms with Gasteiger partial charge in [-0.2, -0.15) is 5.26 Å². The lowest BCUT2D eigenvalue weighted by atomic mass is 9.67. The number of Topliss-reactive ketones (excluding diaryl/α,β-unsaturated/α-hetero) is 1. The van der Waals surface area contributed by atoms with Crippen molar-refractivity contribution in [1.82, 2.24) is 9.97 Å². The summed E-state index contributed by atoms with van der Waals surface area (Å²) < 4.78 is 0. The Labute approximate surface area is 208 Å². The fourth-order valence-electron chi connectivity index (χ4n) is 4.95. The van der Waals surface area contributed by atoms with E-state index in [1.54, 1.807) is 12.1 Å². The van der Waals surface area contributed by atoms with E-state index in [1.165, 1.54) is 17.3 Å². The number of aromatic amines is 1. The second kappa shape index (κ2) is 8.86. The first kappa shape index (κ1) is 23.1. The molecule has 6 nitrogen and oxygen atoms in total. The number of fused-ring (bicyclic) bond motifs is 2. The van der Waals surface area contributed by atoms with Crippen molar-refractivity contribution in [2.24, 2.45) is 11.3 Å². The molecule has 0 radical (unpaired) electrons. The Kier molecular flexibility index (Phi) is 5.86. The largest absolute Gasteiger partial charge is 0.343 e. The fourth-order valence-corrected chi connectivity index (χ4v) is 5.77. The molecule has 2 heterocycles. The molecular formula is C28H26N4O2S. The summed E-state index contributed by atoms with van der Waals surface area (Å²) in [6.45, 7) is 6.13. The molecule has 0 amide bonds. The number of nitrogens with zero attached hydrogens (tertiary/aromatic N) is 2. The average Bonchev–Trinajstić information content (AvgIpc) is 2.81. The molecule has 3 aromatic rings. The SMILES string of the molecule is Cc1ccc(CSc2nc3c(c(=O)[nH]2)C(c2ccc(C#N)cc2)C2C(=O)CC(C)(C)C=C2N3)cc1. The maximum absolute atomic E-state index is 13.4. The molecular weight excluding hydrogens is 456 g/mol. The number of carbonyl (C=O) groups is 1. The molecule has 2 aromatic carbocycles. The van der Waals surface area contributed by atoms with Gasteiger partial charge in [-0.05, 0) is 35.6 Å². The van der Waals surface area contributed by atoms with Crippen LogP contribution in [-0.4, -0.2) is 15.8 Å². The Morgan fingerprint density at radius 1 is 1.09 bits per heavy atom. The van der Waals surface area contributed by atoms with E-state index in [9.17, 15) is 14.9 Å². The maximum Gasteiger partial charge on any atom is 0.257 e. The second-order valence-electron chi connectivity index (χ2n) is 9.95. The molecule has 1 aliphatic carbocycles. The van der Waals surface area contributed by atoms with Crippen molar-refractivity contribution in [3.05, 3.63) is 98.5 Å². The number of benzene rings is 2. The minimum absolute atomic E-state index is 0.0947. The Morgan fingerprint density at radius 2 is 1.80 bits per heavy atom. The smallest absolute Gasteiger partial charge is 0.257 e. The van der Waals surface area contributed by atoms with E-state index in [0.717, 1.165) is 16.8 Å². The van der Waals surface area contributed by atoms with Gasteiger partial charge < -0.3 is 10.3 Å². The van der Waals surface area contributed by atoms with Crippen LogP contribution in [0.4, 0.5) is 5.82 Å². The second-order valence-corrected chi connectivity index (χ2v) is 10.9. The van der Waals surface area contributed by atoms with Gasteiger partial charge in [-0.1, -0.05) is 73.6 Å². The first-order chi connectivity index (χ1) is 16.7. The quantitative estimate of drug-likeness (QED) is 0.387. The summed E-state index contributed by atoms with van der Waals surface area (Å²) in [6, 6.07) is 17.5. The van der Waals surface area contributed by atoms with Crippen molar-refractivity contribution in [3.8, 4) is 6.07 Å². The van der Waals surface area contributed by atoms with Gasteiger partial charge in [0.15, 0.2) is 5.16 Å². The number of aromatic nitrogens is 2. The number of nitrogens with one attached hydrogen (secondary N) is 2. The van der Waals surface area contributed by atoms with E-state index in [0.29, 0.717) is 34.3 Å². The summed E-state index contributed by atoms with van der Waals surface area (Å²) in [5.41, 5.74) is 4.42. The first-order valence-electron chi connectivity index (χ1n) is 11.6. The van der Waals surface area contributed by atoms with Crippen molar-refractivity contribution in [1.29, 1.82) is 5.26 Å². The number of ketones is 1. The van der Waals surface area contributed by atoms with Gasteiger partial charge in [-0.25, -0.2) is 4.98 Å². The van der Waals surface area contributed by atoms with Crippen LogP contribution in [0, 0.1) is 29.6 Å². The summed E-state index contributed by atoms with van der Waals surface area (Å²) in [6.07, 6.45) is 2.50. The lowest BCUT2D eigenvalue weighted by Crippen LogP contribution is -2.41. The van der Waals surface area contributed by atoms with Crippen LogP contribution in [0.1, 0.15) is 54.0 Å². The third-order valence-corrected chi connectivity index (χ3v) is 7.54. The molecule has 7 heteroatoms. The highest BCUT2D eigenvalue weighted by molar-refractivity contribution is 7.98. The van der Waals surface area contributed by atoms with Gasteiger partial charge in [-0.15, -0.1) is 0 Å². The monoisotopic (exact) mass is 482 g/mol. The molecule has 35 heavy (non-hydrogen) atoms. The van der Waals surface area contributed by atoms with Crippen LogP contribution in [0.15, 0.2) is 70.3 Å². The van der Waals surface area contributed by atoms with Crippen molar-refractivity contribution in [2.75, 3.05) is 5.32 Å². The van der Waals surface area contributed by atoms with Gasteiger partial charge in [0.2, 0.25) is 0 Å². The van der Waals surface area contributed by atoms with E-state index in [4.69, 9.17) is 4.98 Å². The number of aryl methyl sites for hydroxylation is 1. The minimum atomic E-state index is -0.488. The van der Waals surface area contributed by atoms with Gasteiger partial charge >= 0.3 is 0 Å². The molecule has 0 spiro atoms. The fraction of sp³-hybridized carbons (Fsp3) is 0.286. The number of anilines is 1. The molecule has 2 aliphatic rings. The number of hydrogen-bond acceptors (Lipinski definition) is 6. The molecule has 5 rings (SSSR count). The van der Waals surface area contributed by atoms with Crippen LogP contribution in [0.5, 0.6) is 0 Å². The molecule has 0 saturated carbocycles. The van der Waals surface area contributed by atoms with Crippen LogP contribution in [-0.2, 0) is 10.5 Å². The number of hydrogen-bond donors (Lipinski definition) is 2. The van der Waals surface area contributed by atoms with Crippen LogP contribution in [0.3, 0.4) is 0 Å². The zero-order valence-corrected chi connectivity index (χ0v) is 20.7. The minimum Gasteiger partial charge on any atom is -0.343 e. The van der Waals surface area contributed by atoms with Gasteiger partial charge in [0.25, 0.3) is 5.56 Å². The number of nitriles is 1. The average molecular weight is 483 g/mol. The zero-order valence-electron chi connectivity index (χ0n) is 19.9. The number of rotatable bonds is 4. The number of carbonyl (C=O) groups excluding carboxylic acids is 1. The highest BCUT2D eigenvalue weighted by Crippen LogP contribution is 2.48. The van der Waals surface area contributed by atoms with E-state index in [-0.39, 0.29) is 16.8 Å². The topological polar surface area (TPSA) is 98.6 Å². The van der Waals surface area contributed by atoms with E-state index in [2.05, 4.69) is 53.6 Å². The van der Waals surface area contributed by atoms with Gasteiger partial charge in [0.1, 0.15) is 11.6 Å². The summed E-state index contributed by atoms with van der Waals surface area (Å²) in [5.74, 6) is 0.302. The summed E-state index contributed by atoms with van der Waals surface area (Å²) in [7, 11) is 0. The van der Waals surface area contributed by atoms with Crippen molar-refractivity contribution in [3.63, 3.8) is 0 Å². The van der Waals surface area contributed by atoms with Crippen LogP contribution in [0.2, 0.25) is 0 Å². The van der Waals surface area contributed by atoms with Crippen LogP contribution >= 0.6 is 11.8 Å². The zero-order chi connectivity index (χ0) is 24.7. The van der Waals surface area contributed by atoms with Crippen molar-refractivity contribution < 1.29 is 4.79 Å². The summed E-state index contributed by atoms with van der Waals surface area (Å²) in [4.78, 5) is 34.5. The predicted molar refractivity (Wildman–Crippen MR) is 137 cm³/mol. The molecule has 1 aromatic heterocycles. The Morgan fingerprint density at radius 3 is 2.49 bits per heavy atom. The highest BCUT2D eigenvalue weighted by Gasteiger charge is 2.45. The molecule has 176 valence electrons. The van der Waals surface area contributed by atoms with Crippen LogP contribution in [0.25, 0.3) is 0 Å². The molecule has 0 saturated heterocycles. The number of allylic oxidation sites excluding steroid dienone is 2. The first-order valence-corrected chi connectivity index (χ1v) is 12.6. The molecule has 2 N–H and O–H groups in total. The number of H-pyrrole nitrogens is 1. The highest BCUT2D eigenvalue weighted by atomic mass is 32.2. The summed E-state index contributed by atoms with van der Waals surface area (Å²) in [5, 5.41) is 13.1. The Hall–Kier alpha value is -3.63. The number of thioether (sulfide) groups is 1. The molecule has 0 bridgehead atoms. The van der Waals surface area contributed by atoms with Gasteiger partial charge in [-0.3, -0.25) is 9.59 Å². The van der Waals surface area contributed by atoms with E-state index in [1.807, 2.05) is 26.0 Å². The molecule has 1 aliphatic heterocycles. The third-order valence-electron chi connectivity index (χ3n) is 6.59. The van der Waals surface area contributed by atoms with Crippen LogP contribution < -0.4 is 10.9 Å². The predicted octanol–water partition coefficient (Wildman–Crippen LogP) is 5.30. The Bertz CT molecular complexity index is 1430. The maximum atomic E-state index is 13.4. The summed E-state index contributed by atoms with van der Waals surface area (Å²) >= 11 is 1.47. The van der Waals surface area contributed by atoms with Crippen molar-refractivity contribution in [2.45, 2.75) is 44.0 Å². The lowest BCUT2D eigenvalue weighted by molar-refractivity contribution is -0.124. The van der Waals surface area contributed by atoms with Crippen molar-refractivity contribution >= 4 is 23.4 Å². The molecule has 2 atom stereocenters. The van der Waals surface area contributed by atoms with Gasteiger partial charge in [0, 0.05) is 23.8 Å². The standard InChI is InChI=1S/C28H26N4O2S/c1-16-4-6-18(7-5-16)15-35-27-31-25-24(26(34)32-27)22(19-10-8-17(14-29)9-11-19)23-20(30-25)12-28(2,3)13-21(23)33/h4-12,22-23H,13,15H2,1-3H3,(H2,30,31,32,34). The van der Waals surface area contributed by atoms with Gasteiger partial charge in [0.05, 0.1) is 23.1 Å². The lowest BCUT2D eigenvalue weighted by Gasteiger charge is -2.40.